The van der Waals surface area contributed by atoms with Crippen LogP contribution in [0.25, 0.3) is 0 Å². The first-order chi connectivity index (χ1) is 9.97. The first-order valence-corrected chi connectivity index (χ1v) is 8.18. The second kappa shape index (κ2) is 7.05. The lowest BCUT2D eigenvalue weighted by atomic mass is 10.1. The number of hydrogen-bond donors (Lipinski definition) is 1. The van der Waals surface area contributed by atoms with Crippen molar-refractivity contribution in [2.75, 3.05) is 4.90 Å². The fourth-order valence-electron chi connectivity index (χ4n) is 2.40. The van der Waals surface area contributed by atoms with Crippen LogP contribution in [0.3, 0.4) is 0 Å². The summed E-state index contributed by atoms with van der Waals surface area (Å²) in [7, 11) is 0. The van der Waals surface area contributed by atoms with Gasteiger partial charge in [0.25, 0.3) is 0 Å². The minimum absolute atomic E-state index is 0.0440. The Morgan fingerprint density at radius 1 is 1.24 bits per heavy atom. The van der Waals surface area contributed by atoms with Crippen molar-refractivity contribution in [3.8, 4) is 0 Å². The van der Waals surface area contributed by atoms with E-state index < -0.39 is 0 Å². The monoisotopic (exact) mass is 306 g/mol. The molecule has 0 radical (unpaired) electrons. The van der Waals surface area contributed by atoms with Crippen LogP contribution < -0.4 is 10.6 Å². The minimum atomic E-state index is -0.168. The highest BCUT2D eigenvalue weighted by Gasteiger charge is 2.16. The van der Waals surface area contributed by atoms with Crippen LogP contribution in [-0.2, 0) is 13.0 Å². The largest absolute Gasteiger partial charge is 0.362 e. The lowest BCUT2D eigenvalue weighted by Gasteiger charge is -2.29. The first kappa shape index (κ1) is 16.0. The molecule has 0 spiro atoms. The van der Waals surface area contributed by atoms with Gasteiger partial charge < -0.3 is 10.6 Å². The smallest absolute Gasteiger partial charge is 0.146 e. The Hall–Kier alpha value is -1.39. The molecule has 1 unspecified atom stereocenters. The number of halogens is 1. The fraction of sp³-hybridized carbons (Fsp3) is 0.412. The molecule has 4 heteroatoms. The molecule has 0 fully saturated rings. The van der Waals surface area contributed by atoms with E-state index in [0.29, 0.717) is 12.1 Å². The summed E-state index contributed by atoms with van der Waals surface area (Å²) in [4.78, 5) is 3.33. The molecule has 0 aliphatic rings. The Kier molecular flexibility index (Phi) is 5.37. The summed E-state index contributed by atoms with van der Waals surface area (Å²) in [6.45, 7) is 6.84. The zero-order chi connectivity index (χ0) is 15.4. The number of hydrogen-bond acceptors (Lipinski definition) is 3. The molecule has 0 bridgehead atoms. The highest BCUT2D eigenvalue weighted by Crippen LogP contribution is 2.26. The summed E-state index contributed by atoms with van der Waals surface area (Å²) in [5.41, 5.74) is 7.39. The van der Waals surface area contributed by atoms with E-state index in [0.717, 1.165) is 12.1 Å². The van der Waals surface area contributed by atoms with Crippen molar-refractivity contribution in [1.29, 1.82) is 0 Å². The molecule has 1 heterocycles. The SMILES string of the molecule is CC(N)Cc1ccc(N(Cc2cccs2)C(C)C)c(F)c1. The van der Waals surface area contributed by atoms with Gasteiger partial charge in [0.2, 0.25) is 0 Å². The van der Waals surface area contributed by atoms with E-state index in [9.17, 15) is 4.39 Å². The molecule has 0 saturated carbocycles. The van der Waals surface area contributed by atoms with Gasteiger partial charge in [-0.25, -0.2) is 4.39 Å². The lowest BCUT2D eigenvalue weighted by molar-refractivity contribution is 0.596. The summed E-state index contributed by atoms with van der Waals surface area (Å²) < 4.78 is 14.5. The summed E-state index contributed by atoms with van der Waals surface area (Å²) >= 11 is 1.70. The lowest BCUT2D eigenvalue weighted by Crippen LogP contribution is -2.30. The molecule has 0 aliphatic carbocycles. The molecule has 2 rings (SSSR count). The van der Waals surface area contributed by atoms with E-state index in [1.54, 1.807) is 17.4 Å². The van der Waals surface area contributed by atoms with Gasteiger partial charge >= 0.3 is 0 Å². The quantitative estimate of drug-likeness (QED) is 0.867. The normalized spacial score (nSPS) is 12.7. The van der Waals surface area contributed by atoms with Crippen LogP contribution in [-0.4, -0.2) is 12.1 Å². The molecule has 114 valence electrons. The average Bonchev–Trinajstić information content (AvgIpc) is 2.88. The van der Waals surface area contributed by atoms with Crippen LogP contribution in [0.1, 0.15) is 31.2 Å². The Morgan fingerprint density at radius 3 is 2.52 bits per heavy atom. The van der Waals surface area contributed by atoms with Crippen molar-refractivity contribution in [3.05, 3.63) is 52.0 Å². The Morgan fingerprint density at radius 2 is 2.00 bits per heavy atom. The van der Waals surface area contributed by atoms with Crippen LogP contribution >= 0.6 is 11.3 Å². The van der Waals surface area contributed by atoms with Gasteiger partial charge in [0.05, 0.1) is 12.2 Å². The Labute approximate surface area is 130 Å². The molecule has 2 nitrogen and oxygen atoms in total. The molecule has 1 aromatic carbocycles. The molecule has 2 N–H and O–H groups in total. The highest BCUT2D eigenvalue weighted by atomic mass is 32.1. The van der Waals surface area contributed by atoms with Gasteiger partial charge in [-0.3, -0.25) is 0 Å². The number of benzene rings is 1. The van der Waals surface area contributed by atoms with Crippen molar-refractivity contribution in [1.82, 2.24) is 0 Å². The first-order valence-electron chi connectivity index (χ1n) is 7.30. The molecule has 0 aliphatic heterocycles. The van der Waals surface area contributed by atoms with E-state index in [-0.39, 0.29) is 17.9 Å². The Bertz CT molecular complexity index is 564. The summed E-state index contributed by atoms with van der Waals surface area (Å²) in [5, 5.41) is 2.05. The van der Waals surface area contributed by atoms with E-state index in [2.05, 4.69) is 30.2 Å². The number of nitrogens with zero attached hydrogens (tertiary/aromatic N) is 1. The van der Waals surface area contributed by atoms with Crippen molar-refractivity contribution >= 4 is 17.0 Å². The van der Waals surface area contributed by atoms with Crippen LogP contribution in [0.5, 0.6) is 0 Å². The van der Waals surface area contributed by atoms with Gasteiger partial charge in [-0.2, -0.15) is 0 Å². The minimum Gasteiger partial charge on any atom is -0.362 e. The summed E-state index contributed by atoms with van der Waals surface area (Å²) in [6.07, 6.45) is 0.698. The number of anilines is 1. The van der Waals surface area contributed by atoms with Crippen molar-refractivity contribution in [2.45, 2.75) is 45.8 Å². The summed E-state index contributed by atoms with van der Waals surface area (Å²) in [5.74, 6) is -0.168. The number of rotatable bonds is 6. The van der Waals surface area contributed by atoms with Gasteiger partial charge in [-0.1, -0.05) is 12.1 Å². The topological polar surface area (TPSA) is 29.3 Å². The third-order valence-corrected chi connectivity index (χ3v) is 4.27. The molecule has 0 amide bonds. The van der Waals surface area contributed by atoms with Crippen LogP contribution in [0.15, 0.2) is 35.7 Å². The molecular weight excluding hydrogens is 283 g/mol. The third kappa shape index (κ3) is 4.29. The number of nitrogens with two attached hydrogens (primary N) is 1. The maximum absolute atomic E-state index is 14.5. The standard InChI is InChI=1S/C17H23FN2S/c1-12(2)20(11-15-5-4-8-21-15)17-7-6-14(9-13(3)19)10-16(17)18/h4-8,10,12-13H,9,11,19H2,1-3H3. The van der Waals surface area contributed by atoms with Crippen molar-refractivity contribution in [2.24, 2.45) is 5.73 Å². The predicted molar refractivity (Wildman–Crippen MR) is 89.4 cm³/mol. The zero-order valence-corrected chi connectivity index (χ0v) is 13.7. The van der Waals surface area contributed by atoms with Gasteiger partial charge in [-0.15, -0.1) is 11.3 Å². The second-order valence-corrected chi connectivity index (χ2v) is 6.80. The predicted octanol–water partition coefficient (Wildman–Crippen LogP) is 4.19. The molecular formula is C17H23FN2S. The average molecular weight is 306 g/mol. The maximum Gasteiger partial charge on any atom is 0.146 e. The number of thiophene rings is 1. The van der Waals surface area contributed by atoms with Gasteiger partial charge in [0, 0.05) is 17.0 Å². The second-order valence-electron chi connectivity index (χ2n) is 5.77. The van der Waals surface area contributed by atoms with Gasteiger partial charge in [-0.05, 0) is 56.3 Å². The highest BCUT2D eigenvalue weighted by molar-refractivity contribution is 7.09. The molecule has 21 heavy (non-hydrogen) atoms. The third-order valence-electron chi connectivity index (χ3n) is 3.41. The van der Waals surface area contributed by atoms with Crippen LogP contribution in [0, 0.1) is 5.82 Å². The fourth-order valence-corrected chi connectivity index (χ4v) is 3.10. The summed E-state index contributed by atoms with van der Waals surface area (Å²) in [6, 6.07) is 9.86. The van der Waals surface area contributed by atoms with Crippen LogP contribution in [0.2, 0.25) is 0 Å². The van der Waals surface area contributed by atoms with E-state index in [1.807, 2.05) is 25.1 Å². The van der Waals surface area contributed by atoms with Crippen molar-refractivity contribution < 1.29 is 4.39 Å². The zero-order valence-electron chi connectivity index (χ0n) is 12.8. The molecule has 1 atom stereocenters. The molecule has 1 aromatic heterocycles. The van der Waals surface area contributed by atoms with E-state index in [1.165, 1.54) is 4.88 Å². The van der Waals surface area contributed by atoms with E-state index >= 15 is 0 Å². The van der Waals surface area contributed by atoms with Crippen molar-refractivity contribution in [3.63, 3.8) is 0 Å². The maximum atomic E-state index is 14.5. The van der Waals surface area contributed by atoms with Gasteiger partial charge in [0.15, 0.2) is 0 Å². The van der Waals surface area contributed by atoms with Gasteiger partial charge in [0.1, 0.15) is 5.82 Å². The Balaban J connectivity index is 2.24. The molecule has 2 aromatic rings. The van der Waals surface area contributed by atoms with E-state index in [4.69, 9.17) is 5.73 Å². The molecule has 0 saturated heterocycles. The van der Waals surface area contributed by atoms with Crippen LogP contribution in [0.4, 0.5) is 10.1 Å².